The number of sulfone groups is 1. The molecule has 1 saturated carbocycles. The van der Waals surface area contributed by atoms with Crippen LogP contribution in [0.1, 0.15) is 44.2 Å². The first kappa shape index (κ1) is 13.1. The van der Waals surface area contributed by atoms with Crippen LogP contribution in [0.3, 0.4) is 0 Å². The van der Waals surface area contributed by atoms with Crippen LogP contribution >= 0.6 is 0 Å². The number of hydrogen-bond donors (Lipinski definition) is 1. The number of benzene rings is 1. The van der Waals surface area contributed by atoms with Crippen molar-refractivity contribution in [1.82, 2.24) is 5.32 Å². The summed E-state index contributed by atoms with van der Waals surface area (Å²) >= 11 is 0. The van der Waals surface area contributed by atoms with E-state index in [4.69, 9.17) is 0 Å². The van der Waals surface area contributed by atoms with E-state index >= 15 is 0 Å². The average Bonchev–Trinajstić information content (AvgIpc) is 3.19. The summed E-state index contributed by atoms with van der Waals surface area (Å²) in [4.78, 5) is 0.528. The zero-order chi connectivity index (χ0) is 13.5. The Bertz CT molecular complexity index is 576. The van der Waals surface area contributed by atoms with Crippen LogP contribution in [0.5, 0.6) is 0 Å². The highest BCUT2D eigenvalue weighted by atomic mass is 32.2. The highest BCUT2D eigenvalue weighted by Gasteiger charge is 2.41. The van der Waals surface area contributed by atoms with Crippen LogP contribution < -0.4 is 5.32 Å². The third kappa shape index (κ3) is 2.43. The molecule has 1 heterocycles. The van der Waals surface area contributed by atoms with Crippen LogP contribution in [0, 0.1) is 5.41 Å². The Morgan fingerprint density at radius 2 is 2.05 bits per heavy atom. The van der Waals surface area contributed by atoms with Gasteiger partial charge in [0.15, 0.2) is 9.84 Å². The Kier molecular flexibility index (Phi) is 3.18. The molecule has 1 fully saturated rings. The van der Waals surface area contributed by atoms with Gasteiger partial charge in [0, 0.05) is 12.6 Å². The smallest absolute Gasteiger partial charge is 0.178 e. The Balaban J connectivity index is 1.81. The minimum Gasteiger partial charge on any atom is -0.309 e. The van der Waals surface area contributed by atoms with Gasteiger partial charge in [0.1, 0.15) is 0 Å². The molecule has 19 heavy (non-hydrogen) atoms. The number of fused-ring (bicyclic) bond motifs is 1. The lowest BCUT2D eigenvalue weighted by Gasteiger charge is -2.28. The Hall–Kier alpha value is -0.870. The third-order valence-electron chi connectivity index (χ3n) is 4.74. The molecule has 0 spiro atoms. The summed E-state index contributed by atoms with van der Waals surface area (Å²) in [6.45, 7) is 3.26. The summed E-state index contributed by atoms with van der Waals surface area (Å²) in [5, 5.41) is 3.60. The number of nitrogens with one attached hydrogen (secondary N) is 1. The van der Waals surface area contributed by atoms with Gasteiger partial charge < -0.3 is 5.32 Å². The molecule has 3 nitrogen and oxygen atoms in total. The number of rotatable bonds is 4. The average molecular weight is 279 g/mol. The second-order valence-electron chi connectivity index (χ2n) is 5.93. The van der Waals surface area contributed by atoms with Crippen molar-refractivity contribution in [3.05, 3.63) is 29.8 Å². The van der Waals surface area contributed by atoms with Crippen LogP contribution in [-0.4, -0.2) is 20.7 Å². The topological polar surface area (TPSA) is 46.2 Å². The molecule has 0 aromatic heterocycles. The van der Waals surface area contributed by atoms with Gasteiger partial charge in [-0.15, -0.1) is 0 Å². The maximum Gasteiger partial charge on any atom is 0.178 e. The lowest BCUT2D eigenvalue weighted by atomic mass is 10.00. The predicted octanol–water partition coefficient (Wildman–Crippen LogP) is 2.68. The van der Waals surface area contributed by atoms with Gasteiger partial charge in [-0.3, -0.25) is 0 Å². The van der Waals surface area contributed by atoms with Gasteiger partial charge >= 0.3 is 0 Å². The molecule has 1 aromatic carbocycles. The molecule has 1 aliphatic carbocycles. The van der Waals surface area contributed by atoms with Crippen molar-refractivity contribution in [2.24, 2.45) is 5.41 Å². The minimum atomic E-state index is -3.06. The second kappa shape index (κ2) is 4.60. The molecule has 2 aliphatic rings. The molecular formula is C15H21NO2S. The molecule has 1 atom stereocenters. The largest absolute Gasteiger partial charge is 0.309 e. The van der Waals surface area contributed by atoms with Crippen LogP contribution in [-0.2, 0) is 9.84 Å². The molecular weight excluding hydrogens is 258 g/mol. The molecule has 1 N–H and O–H groups in total. The van der Waals surface area contributed by atoms with E-state index in [2.05, 4.69) is 12.2 Å². The summed E-state index contributed by atoms with van der Waals surface area (Å²) in [7, 11) is -3.06. The Labute approximate surface area is 115 Å². The van der Waals surface area contributed by atoms with Gasteiger partial charge in [-0.05, 0) is 42.7 Å². The van der Waals surface area contributed by atoms with E-state index in [-0.39, 0.29) is 11.8 Å². The van der Waals surface area contributed by atoms with Gasteiger partial charge in [0.25, 0.3) is 0 Å². The van der Waals surface area contributed by atoms with Crippen LogP contribution in [0.25, 0.3) is 0 Å². The molecule has 0 radical (unpaired) electrons. The first-order chi connectivity index (χ1) is 9.06. The Morgan fingerprint density at radius 3 is 2.74 bits per heavy atom. The summed E-state index contributed by atoms with van der Waals surface area (Å²) < 4.78 is 24.1. The SMILES string of the molecule is CCC1(CNC2CCS(=O)(=O)c3ccccc32)CC1. The van der Waals surface area contributed by atoms with E-state index in [1.54, 1.807) is 6.07 Å². The first-order valence-corrected chi connectivity index (χ1v) is 8.77. The maximum atomic E-state index is 12.1. The van der Waals surface area contributed by atoms with Crippen molar-refractivity contribution < 1.29 is 8.42 Å². The van der Waals surface area contributed by atoms with E-state index in [0.29, 0.717) is 16.7 Å². The summed E-state index contributed by atoms with van der Waals surface area (Å²) in [5.41, 5.74) is 1.45. The fraction of sp³-hybridized carbons (Fsp3) is 0.600. The highest BCUT2D eigenvalue weighted by molar-refractivity contribution is 7.91. The number of hydrogen-bond acceptors (Lipinski definition) is 3. The van der Waals surface area contributed by atoms with E-state index < -0.39 is 9.84 Å². The van der Waals surface area contributed by atoms with Gasteiger partial charge in [-0.2, -0.15) is 0 Å². The first-order valence-electron chi connectivity index (χ1n) is 7.11. The molecule has 1 aromatic rings. The normalized spacial score (nSPS) is 26.7. The minimum absolute atomic E-state index is 0.198. The second-order valence-corrected chi connectivity index (χ2v) is 8.01. The fourth-order valence-corrected chi connectivity index (χ4v) is 4.60. The van der Waals surface area contributed by atoms with E-state index in [1.807, 2.05) is 18.2 Å². The fourth-order valence-electron chi connectivity index (χ4n) is 2.97. The van der Waals surface area contributed by atoms with E-state index in [1.165, 1.54) is 19.3 Å². The van der Waals surface area contributed by atoms with Crippen molar-refractivity contribution in [2.75, 3.05) is 12.3 Å². The lowest BCUT2D eigenvalue weighted by Crippen LogP contribution is -2.33. The molecule has 0 saturated heterocycles. The maximum absolute atomic E-state index is 12.1. The summed E-state index contributed by atoms with van der Waals surface area (Å²) in [5.74, 6) is 0.265. The molecule has 104 valence electrons. The van der Waals surface area contributed by atoms with Crippen molar-refractivity contribution in [3.8, 4) is 0 Å². The van der Waals surface area contributed by atoms with Crippen molar-refractivity contribution in [1.29, 1.82) is 0 Å². The van der Waals surface area contributed by atoms with Gasteiger partial charge in [-0.1, -0.05) is 25.1 Å². The summed E-state index contributed by atoms with van der Waals surface area (Å²) in [6, 6.07) is 7.64. The molecule has 3 rings (SSSR count). The summed E-state index contributed by atoms with van der Waals surface area (Å²) in [6.07, 6.45) is 4.53. The monoisotopic (exact) mass is 279 g/mol. The molecule has 1 aliphatic heterocycles. The van der Waals surface area contributed by atoms with Crippen LogP contribution in [0.15, 0.2) is 29.2 Å². The molecule has 4 heteroatoms. The molecule has 0 bridgehead atoms. The van der Waals surface area contributed by atoms with Crippen molar-refractivity contribution in [2.45, 2.75) is 43.5 Å². The van der Waals surface area contributed by atoms with Crippen molar-refractivity contribution in [3.63, 3.8) is 0 Å². The van der Waals surface area contributed by atoms with Crippen LogP contribution in [0.2, 0.25) is 0 Å². The lowest BCUT2D eigenvalue weighted by molar-refractivity contribution is 0.393. The zero-order valence-electron chi connectivity index (χ0n) is 11.4. The van der Waals surface area contributed by atoms with E-state index in [0.717, 1.165) is 12.1 Å². The van der Waals surface area contributed by atoms with Gasteiger partial charge in [-0.25, -0.2) is 8.42 Å². The zero-order valence-corrected chi connectivity index (χ0v) is 12.2. The highest BCUT2D eigenvalue weighted by Crippen LogP contribution is 2.48. The predicted molar refractivity (Wildman–Crippen MR) is 75.8 cm³/mol. The quantitative estimate of drug-likeness (QED) is 0.921. The third-order valence-corrected chi connectivity index (χ3v) is 6.55. The van der Waals surface area contributed by atoms with Gasteiger partial charge in [0.2, 0.25) is 0 Å². The molecule has 1 unspecified atom stereocenters. The standard InChI is InChI=1S/C15H21NO2S/c1-2-15(8-9-15)11-16-13-7-10-19(17,18)14-6-4-3-5-12(13)14/h3-6,13,16H,2,7-11H2,1H3. The van der Waals surface area contributed by atoms with E-state index in [9.17, 15) is 8.42 Å². The Morgan fingerprint density at radius 1 is 1.32 bits per heavy atom. The molecule has 0 amide bonds. The van der Waals surface area contributed by atoms with Crippen molar-refractivity contribution >= 4 is 9.84 Å². The van der Waals surface area contributed by atoms with Gasteiger partial charge in [0.05, 0.1) is 10.6 Å². The van der Waals surface area contributed by atoms with Crippen LogP contribution in [0.4, 0.5) is 0 Å².